The molecule has 0 aromatic carbocycles. The molecular weight excluding hydrogens is 403 g/mol. The minimum Gasteiger partial charge on any atom is -0.370 e. The molecule has 0 atom stereocenters. The number of aliphatic imine (C=N–C) groups is 1. The summed E-state index contributed by atoms with van der Waals surface area (Å²) < 4.78 is 1.73. The molecule has 1 aromatic heterocycles. The fourth-order valence-electron chi connectivity index (χ4n) is 2.92. The summed E-state index contributed by atoms with van der Waals surface area (Å²) >= 11 is 0. The number of guanidine groups is 1. The van der Waals surface area contributed by atoms with Crippen LogP contribution in [0.2, 0.25) is 0 Å². The van der Waals surface area contributed by atoms with Crippen molar-refractivity contribution in [3.63, 3.8) is 0 Å². The van der Waals surface area contributed by atoms with Crippen LogP contribution in [0.25, 0.3) is 0 Å². The first-order valence-electron chi connectivity index (χ1n) is 8.47. The van der Waals surface area contributed by atoms with Crippen molar-refractivity contribution in [3.05, 3.63) is 34.7 Å². The topological polar surface area (TPSA) is 72.4 Å². The number of nitrogens with one attached hydrogen (secondary N) is 1. The third-order valence-electron chi connectivity index (χ3n) is 4.20. The highest BCUT2D eigenvalue weighted by molar-refractivity contribution is 14.0. The van der Waals surface area contributed by atoms with Crippen molar-refractivity contribution in [2.45, 2.75) is 64.0 Å². The number of pyridine rings is 1. The van der Waals surface area contributed by atoms with Gasteiger partial charge < -0.3 is 15.6 Å². The van der Waals surface area contributed by atoms with Gasteiger partial charge >= 0.3 is 0 Å². The molecule has 0 aliphatic heterocycles. The fourth-order valence-corrected chi connectivity index (χ4v) is 2.92. The number of halogens is 1. The van der Waals surface area contributed by atoms with Gasteiger partial charge in [-0.3, -0.25) is 9.79 Å². The summed E-state index contributed by atoms with van der Waals surface area (Å²) in [6, 6.07) is 5.73. The minimum absolute atomic E-state index is 0. The highest BCUT2D eigenvalue weighted by Gasteiger charge is 2.11. The van der Waals surface area contributed by atoms with Crippen LogP contribution in [-0.4, -0.2) is 23.1 Å². The van der Waals surface area contributed by atoms with Crippen molar-refractivity contribution in [1.82, 2.24) is 9.88 Å². The second-order valence-corrected chi connectivity index (χ2v) is 6.04. The van der Waals surface area contributed by atoms with Crippen LogP contribution in [0.4, 0.5) is 0 Å². The van der Waals surface area contributed by atoms with E-state index in [-0.39, 0.29) is 29.5 Å². The van der Waals surface area contributed by atoms with Crippen molar-refractivity contribution in [2.75, 3.05) is 6.54 Å². The molecule has 1 saturated carbocycles. The molecule has 0 bridgehead atoms. The van der Waals surface area contributed by atoms with Crippen LogP contribution in [0, 0.1) is 0 Å². The molecule has 3 N–H and O–H groups in total. The average Bonchev–Trinajstić information content (AvgIpc) is 2.77. The molecule has 0 radical (unpaired) electrons. The lowest BCUT2D eigenvalue weighted by atomic mass is 10.1. The lowest BCUT2D eigenvalue weighted by Gasteiger charge is -2.16. The molecule has 1 aliphatic rings. The van der Waals surface area contributed by atoms with Gasteiger partial charge in [0.25, 0.3) is 0 Å². The standard InChI is InChI=1S/C17H28N4O.HI/c18-17(20-15-9-3-1-2-4-10-15)19-12-6-8-14-21-13-7-5-11-16(21)22;/h5,7,11,13,15H,1-4,6,8-10,12,14H2,(H3,18,19,20);1H. The molecule has 1 aromatic rings. The van der Waals surface area contributed by atoms with Crippen LogP contribution in [0.1, 0.15) is 51.4 Å². The highest BCUT2D eigenvalue weighted by Crippen LogP contribution is 2.16. The summed E-state index contributed by atoms with van der Waals surface area (Å²) in [5, 5.41) is 3.35. The molecule has 1 fully saturated rings. The van der Waals surface area contributed by atoms with Gasteiger partial charge in [0.15, 0.2) is 5.96 Å². The van der Waals surface area contributed by atoms with E-state index in [1.54, 1.807) is 16.7 Å². The van der Waals surface area contributed by atoms with Crippen molar-refractivity contribution in [2.24, 2.45) is 10.7 Å². The first kappa shape index (κ1) is 20.0. The van der Waals surface area contributed by atoms with Gasteiger partial charge in [-0.15, -0.1) is 24.0 Å². The van der Waals surface area contributed by atoms with Gasteiger partial charge in [0.1, 0.15) is 0 Å². The highest BCUT2D eigenvalue weighted by atomic mass is 127. The second-order valence-electron chi connectivity index (χ2n) is 6.04. The minimum atomic E-state index is 0. The molecule has 0 unspecified atom stereocenters. The molecule has 5 nitrogen and oxygen atoms in total. The zero-order chi connectivity index (χ0) is 15.6. The Morgan fingerprint density at radius 2 is 1.96 bits per heavy atom. The van der Waals surface area contributed by atoms with Gasteiger partial charge in [-0.1, -0.05) is 31.7 Å². The fraction of sp³-hybridized carbons (Fsp3) is 0.647. The first-order chi connectivity index (χ1) is 10.8. The van der Waals surface area contributed by atoms with Crippen molar-refractivity contribution < 1.29 is 0 Å². The van der Waals surface area contributed by atoms with Gasteiger partial charge in [0.2, 0.25) is 5.56 Å². The van der Waals surface area contributed by atoms with Crippen LogP contribution in [0.5, 0.6) is 0 Å². The Kier molecular flexibility index (Phi) is 9.98. The summed E-state index contributed by atoms with van der Waals surface area (Å²) in [7, 11) is 0. The first-order valence-corrected chi connectivity index (χ1v) is 8.47. The lowest BCUT2D eigenvalue weighted by Crippen LogP contribution is -2.39. The Labute approximate surface area is 155 Å². The Morgan fingerprint density at radius 3 is 2.65 bits per heavy atom. The van der Waals surface area contributed by atoms with Gasteiger partial charge in [0, 0.05) is 31.4 Å². The summed E-state index contributed by atoms with van der Waals surface area (Å²) in [6.07, 6.45) is 11.4. The van der Waals surface area contributed by atoms with Crippen LogP contribution in [0.15, 0.2) is 34.2 Å². The number of aryl methyl sites for hydroxylation is 1. The summed E-state index contributed by atoms with van der Waals surface area (Å²) in [4.78, 5) is 15.9. The number of nitrogens with zero attached hydrogens (tertiary/aromatic N) is 2. The molecule has 2 rings (SSSR count). The Balaban J connectivity index is 0.00000264. The van der Waals surface area contributed by atoms with E-state index in [0.29, 0.717) is 18.5 Å². The predicted molar refractivity (Wildman–Crippen MR) is 106 cm³/mol. The summed E-state index contributed by atoms with van der Waals surface area (Å²) in [6.45, 7) is 1.46. The number of hydrogen-bond donors (Lipinski definition) is 2. The van der Waals surface area contributed by atoms with Crippen LogP contribution in [0.3, 0.4) is 0 Å². The summed E-state index contributed by atoms with van der Waals surface area (Å²) in [5.74, 6) is 0.573. The van der Waals surface area contributed by atoms with Crippen molar-refractivity contribution in [3.8, 4) is 0 Å². The third-order valence-corrected chi connectivity index (χ3v) is 4.20. The van der Waals surface area contributed by atoms with Gasteiger partial charge in [-0.05, 0) is 31.7 Å². The number of aromatic nitrogens is 1. The maximum atomic E-state index is 11.5. The van der Waals surface area contributed by atoms with Crippen molar-refractivity contribution in [1.29, 1.82) is 0 Å². The molecule has 23 heavy (non-hydrogen) atoms. The molecule has 130 valence electrons. The number of rotatable bonds is 6. The summed E-state index contributed by atoms with van der Waals surface area (Å²) in [5.41, 5.74) is 6.01. The molecule has 1 aliphatic carbocycles. The zero-order valence-corrected chi connectivity index (χ0v) is 16.1. The van der Waals surface area contributed by atoms with Gasteiger partial charge in [-0.25, -0.2) is 0 Å². The monoisotopic (exact) mass is 432 g/mol. The smallest absolute Gasteiger partial charge is 0.250 e. The SMILES string of the molecule is I.NC(=NCCCCn1ccccc1=O)NC1CCCCCC1. The number of hydrogen-bond acceptors (Lipinski definition) is 2. The lowest BCUT2D eigenvalue weighted by molar-refractivity contribution is 0.529. The van der Waals surface area contributed by atoms with E-state index < -0.39 is 0 Å². The second kappa shape index (κ2) is 11.5. The maximum absolute atomic E-state index is 11.5. The number of unbranched alkanes of at least 4 members (excludes halogenated alkanes) is 1. The molecule has 0 amide bonds. The van der Waals surface area contributed by atoms with E-state index in [4.69, 9.17) is 5.73 Å². The van der Waals surface area contributed by atoms with E-state index in [2.05, 4.69) is 10.3 Å². The normalized spacial score (nSPS) is 16.4. The van der Waals surface area contributed by atoms with E-state index in [1.807, 2.05) is 12.3 Å². The maximum Gasteiger partial charge on any atom is 0.250 e. The molecule has 0 saturated heterocycles. The van der Waals surface area contributed by atoms with Gasteiger partial charge in [-0.2, -0.15) is 0 Å². The molecule has 1 heterocycles. The Hall–Kier alpha value is -1.05. The largest absolute Gasteiger partial charge is 0.370 e. The zero-order valence-electron chi connectivity index (χ0n) is 13.7. The van der Waals surface area contributed by atoms with Crippen LogP contribution in [-0.2, 0) is 6.54 Å². The molecular formula is C17H29IN4O. The van der Waals surface area contributed by atoms with E-state index in [1.165, 1.54) is 38.5 Å². The molecule has 6 heteroatoms. The van der Waals surface area contributed by atoms with Crippen LogP contribution >= 0.6 is 24.0 Å². The Bertz CT molecular complexity index is 521. The Morgan fingerprint density at radius 1 is 1.22 bits per heavy atom. The van der Waals surface area contributed by atoms with Gasteiger partial charge in [0.05, 0.1) is 0 Å². The van der Waals surface area contributed by atoms with E-state index in [0.717, 1.165) is 19.4 Å². The number of nitrogens with two attached hydrogens (primary N) is 1. The average molecular weight is 432 g/mol. The predicted octanol–water partition coefficient (Wildman–Crippen LogP) is 2.87. The molecule has 0 spiro atoms. The van der Waals surface area contributed by atoms with Crippen LogP contribution < -0.4 is 16.6 Å². The third kappa shape index (κ3) is 7.85. The quantitative estimate of drug-likeness (QED) is 0.239. The van der Waals surface area contributed by atoms with E-state index >= 15 is 0 Å². The van der Waals surface area contributed by atoms with Crippen molar-refractivity contribution >= 4 is 29.9 Å². The van der Waals surface area contributed by atoms with E-state index in [9.17, 15) is 4.79 Å².